The van der Waals surface area contributed by atoms with Gasteiger partial charge >= 0.3 is 12.0 Å². The first kappa shape index (κ1) is 14.5. The van der Waals surface area contributed by atoms with Crippen LogP contribution in [0.25, 0.3) is 0 Å². The number of hydrogen-bond donors (Lipinski definition) is 2. The van der Waals surface area contributed by atoms with Crippen LogP contribution in [0.2, 0.25) is 0 Å². The van der Waals surface area contributed by atoms with Crippen molar-refractivity contribution in [3.63, 3.8) is 0 Å². The zero-order chi connectivity index (χ0) is 15.2. The first-order chi connectivity index (χ1) is 10.0. The number of carbonyl (C=O) groups is 2. The topological polar surface area (TPSA) is 80.3 Å². The summed E-state index contributed by atoms with van der Waals surface area (Å²) in [5, 5.41) is 5.26. The standard InChI is InChI=1S/C15H15N3O3/c1-10-5-3-8-14(16-10)18-15(20)17-12-6-4-7-13(9-12)21-11(2)19/h3-9H,1-2H3,(H2,16,17,18,20). The largest absolute Gasteiger partial charge is 0.427 e. The lowest BCUT2D eigenvalue weighted by atomic mass is 10.3. The van der Waals surface area contributed by atoms with E-state index in [1.54, 1.807) is 36.4 Å². The quantitative estimate of drug-likeness (QED) is 0.671. The van der Waals surface area contributed by atoms with E-state index in [1.165, 1.54) is 6.92 Å². The molecule has 2 N–H and O–H groups in total. The molecule has 108 valence electrons. The molecule has 0 radical (unpaired) electrons. The highest BCUT2D eigenvalue weighted by Gasteiger charge is 2.05. The van der Waals surface area contributed by atoms with E-state index in [1.807, 2.05) is 13.0 Å². The summed E-state index contributed by atoms with van der Waals surface area (Å²) < 4.78 is 4.95. The van der Waals surface area contributed by atoms with Crippen molar-refractivity contribution in [2.75, 3.05) is 10.6 Å². The summed E-state index contributed by atoms with van der Waals surface area (Å²) in [6.07, 6.45) is 0. The smallest absolute Gasteiger partial charge is 0.324 e. The van der Waals surface area contributed by atoms with Crippen LogP contribution in [0.3, 0.4) is 0 Å². The van der Waals surface area contributed by atoms with Crippen molar-refractivity contribution in [3.8, 4) is 5.75 Å². The average molecular weight is 285 g/mol. The number of rotatable bonds is 3. The highest BCUT2D eigenvalue weighted by Crippen LogP contribution is 2.17. The Labute approximate surface area is 122 Å². The lowest BCUT2D eigenvalue weighted by Gasteiger charge is -2.08. The van der Waals surface area contributed by atoms with Gasteiger partial charge in [0.25, 0.3) is 0 Å². The molecule has 0 spiro atoms. The number of carbonyl (C=O) groups excluding carboxylic acids is 2. The third kappa shape index (κ3) is 4.61. The summed E-state index contributed by atoms with van der Waals surface area (Å²) in [5.41, 5.74) is 1.32. The number of amides is 2. The number of urea groups is 1. The van der Waals surface area contributed by atoms with Crippen molar-refractivity contribution in [2.24, 2.45) is 0 Å². The van der Waals surface area contributed by atoms with Crippen molar-refractivity contribution >= 4 is 23.5 Å². The number of ether oxygens (including phenoxy) is 1. The normalized spacial score (nSPS) is 9.81. The monoisotopic (exact) mass is 285 g/mol. The fraction of sp³-hybridized carbons (Fsp3) is 0.133. The number of pyridine rings is 1. The third-order valence-electron chi connectivity index (χ3n) is 2.48. The van der Waals surface area contributed by atoms with E-state index >= 15 is 0 Å². The van der Waals surface area contributed by atoms with Crippen molar-refractivity contribution in [2.45, 2.75) is 13.8 Å². The minimum Gasteiger partial charge on any atom is -0.427 e. The maximum absolute atomic E-state index is 11.9. The van der Waals surface area contributed by atoms with Crippen molar-refractivity contribution in [3.05, 3.63) is 48.2 Å². The summed E-state index contributed by atoms with van der Waals surface area (Å²) >= 11 is 0. The zero-order valence-corrected chi connectivity index (χ0v) is 11.7. The van der Waals surface area contributed by atoms with Crippen LogP contribution < -0.4 is 15.4 Å². The lowest BCUT2D eigenvalue weighted by Crippen LogP contribution is -2.20. The number of aryl methyl sites for hydroxylation is 1. The van der Waals surface area contributed by atoms with Gasteiger partial charge in [-0.1, -0.05) is 12.1 Å². The highest BCUT2D eigenvalue weighted by atomic mass is 16.5. The summed E-state index contributed by atoms with van der Waals surface area (Å²) in [6, 6.07) is 11.5. The Morgan fingerprint density at radius 3 is 2.57 bits per heavy atom. The number of esters is 1. The molecular formula is C15H15N3O3. The first-order valence-electron chi connectivity index (χ1n) is 6.33. The molecule has 0 aliphatic heterocycles. The number of nitrogens with one attached hydrogen (secondary N) is 2. The van der Waals surface area contributed by atoms with E-state index in [9.17, 15) is 9.59 Å². The molecule has 0 atom stereocenters. The van der Waals surface area contributed by atoms with E-state index in [-0.39, 0.29) is 0 Å². The van der Waals surface area contributed by atoms with E-state index in [0.29, 0.717) is 17.3 Å². The molecule has 0 bridgehead atoms. The van der Waals surface area contributed by atoms with Gasteiger partial charge in [-0.2, -0.15) is 0 Å². The predicted octanol–water partition coefficient (Wildman–Crippen LogP) is 2.96. The van der Waals surface area contributed by atoms with Crippen LogP contribution in [0.1, 0.15) is 12.6 Å². The van der Waals surface area contributed by atoms with Crippen LogP contribution in [0.4, 0.5) is 16.3 Å². The van der Waals surface area contributed by atoms with Gasteiger partial charge in [0, 0.05) is 24.4 Å². The summed E-state index contributed by atoms with van der Waals surface area (Å²) in [6.45, 7) is 3.15. The van der Waals surface area contributed by atoms with Gasteiger partial charge in [-0.05, 0) is 31.2 Å². The molecule has 1 aromatic heterocycles. The van der Waals surface area contributed by atoms with Gasteiger partial charge in [0.1, 0.15) is 11.6 Å². The highest BCUT2D eigenvalue weighted by molar-refractivity contribution is 5.99. The predicted molar refractivity (Wildman–Crippen MR) is 79.4 cm³/mol. The minimum absolute atomic E-state index is 0.369. The van der Waals surface area contributed by atoms with Gasteiger partial charge in [0.15, 0.2) is 0 Å². The number of aromatic nitrogens is 1. The molecule has 6 heteroatoms. The van der Waals surface area contributed by atoms with Crippen molar-refractivity contribution in [1.29, 1.82) is 0 Å². The maximum Gasteiger partial charge on any atom is 0.324 e. The Morgan fingerprint density at radius 2 is 1.86 bits per heavy atom. The van der Waals surface area contributed by atoms with Crippen LogP contribution in [0, 0.1) is 6.92 Å². The molecule has 2 rings (SSSR count). The maximum atomic E-state index is 11.9. The third-order valence-corrected chi connectivity index (χ3v) is 2.48. The first-order valence-corrected chi connectivity index (χ1v) is 6.33. The lowest BCUT2D eigenvalue weighted by molar-refractivity contribution is -0.131. The summed E-state index contributed by atoms with van der Waals surface area (Å²) in [4.78, 5) is 26.9. The van der Waals surface area contributed by atoms with Crippen LogP contribution >= 0.6 is 0 Å². The molecule has 1 aromatic carbocycles. The fourth-order valence-electron chi connectivity index (χ4n) is 1.69. The second-order valence-corrected chi connectivity index (χ2v) is 4.36. The zero-order valence-electron chi connectivity index (χ0n) is 11.7. The Hall–Kier alpha value is -2.89. The average Bonchev–Trinajstić information content (AvgIpc) is 2.37. The van der Waals surface area contributed by atoms with Crippen LogP contribution in [0.5, 0.6) is 5.75 Å². The molecule has 0 unspecified atom stereocenters. The summed E-state index contributed by atoms with van der Waals surface area (Å²) in [5.74, 6) is 0.415. The van der Waals surface area contributed by atoms with E-state index < -0.39 is 12.0 Å². The minimum atomic E-state index is -0.423. The Bertz CT molecular complexity index is 671. The van der Waals surface area contributed by atoms with Gasteiger partial charge < -0.3 is 10.1 Å². The second-order valence-electron chi connectivity index (χ2n) is 4.36. The van der Waals surface area contributed by atoms with E-state index in [2.05, 4.69) is 15.6 Å². The van der Waals surface area contributed by atoms with Gasteiger partial charge in [0.2, 0.25) is 0 Å². The van der Waals surface area contributed by atoms with E-state index in [0.717, 1.165) is 5.69 Å². The molecule has 0 saturated heterocycles. The Morgan fingerprint density at radius 1 is 1.10 bits per heavy atom. The molecule has 0 aliphatic rings. The molecule has 0 fully saturated rings. The van der Waals surface area contributed by atoms with Gasteiger partial charge in [-0.15, -0.1) is 0 Å². The SMILES string of the molecule is CC(=O)Oc1cccc(NC(=O)Nc2cccc(C)n2)c1. The fourth-order valence-corrected chi connectivity index (χ4v) is 1.69. The Balaban J connectivity index is 2.01. The summed E-state index contributed by atoms with van der Waals surface area (Å²) in [7, 11) is 0. The van der Waals surface area contributed by atoms with E-state index in [4.69, 9.17) is 4.74 Å². The molecule has 6 nitrogen and oxygen atoms in total. The molecule has 0 aliphatic carbocycles. The molecule has 1 heterocycles. The van der Waals surface area contributed by atoms with Gasteiger partial charge in [-0.3, -0.25) is 10.1 Å². The molecule has 0 saturated carbocycles. The van der Waals surface area contributed by atoms with Crippen molar-refractivity contribution in [1.82, 2.24) is 4.98 Å². The molecule has 21 heavy (non-hydrogen) atoms. The number of benzene rings is 1. The molecule has 2 aromatic rings. The van der Waals surface area contributed by atoms with Gasteiger partial charge in [-0.25, -0.2) is 9.78 Å². The Kier molecular flexibility index (Phi) is 4.50. The number of anilines is 2. The molecule has 2 amide bonds. The number of hydrogen-bond acceptors (Lipinski definition) is 4. The number of nitrogens with zero attached hydrogens (tertiary/aromatic N) is 1. The second kappa shape index (κ2) is 6.51. The van der Waals surface area contributed by atoms with Crippen LogP contribution in [-0.4, -0.2) is 17.0 Å². The molecular weight excluding hydrogens is 270 g/mol. The van der Waals surface area contributed by atoms with Crippen LogP contribution in [-0.2, 0) is 4.79 Å². The van der Waals surface area contributed by atoms with Crippen molar-refractivity contribution < 1.29 is 14.3 Å². The van der Waals surface area contributed by atoms with Gasteiger partial charge in [0.05, 0.1) is 0 Å². The van der Waals surface area contributed by atoms with Crippen LogP contribution in [0.15, 0.2) is 42.5 Å².